The molecule has 3 nitrogen and oxygen atoms in total. The van der Waals surface area contributed by atoms with E-state index in [1.807, 2.05) is 12.1 Å². The number of aryl methyl sites for hydroxylation is 2. The number of carbonyl (C=O) groups excluding carboxylic acids is 1. The van der Waals surface area contributed by atoms with Crippen molar-refractivity contribution in [3.8, 4) is 0 Å². The van der Waals surface area contributed by atoms with Crippen LogP contribution in [0.3, 0.4) is 0 Å². The largest absolute Gasteiger partial charge is 0.385 e. The first-order valence-corrected chi connectivity index (χ1v) is 8.16. The van der Waals surface area contributed by atoms with Crippen molar-refractivity contribution in [2.24, 2.45) is 0 Å². The summed E-state index contributed by atoms with van der Waals surface area (Å²) in [6.07, 6.45) is 2.06. The highest BCUT2D eigenvalue weighted by atomic mass is 32.1. The van der Waals surface area contributed by atoms with Gasteiger partial charge in [0.25, 0.3) is 5.91 Å². The van der Waals surface area contributed by atoms with Crippen molar-refractivity contribution in [3.05, 3.63) is 50.7 Å². The second-order valence-electron chi connectivity index (χ2n) is 5.50. The first kappa shape index (κ1) is 14.1. The molecule has 1 amide bonds. The predicted molar refractivity (Wildman–Crippen MR) is 88.2 cm³/mol. The maximum atomic E-state index is 12.4. The quantitative estimate of drug-likeness (QED) is 0.908. The Hall–Kier alpha value is -1.81. The molecule has 110 valence electrons. The Morgan fingerprint density at radius 3 is 3.00 bits per heavy atom. The van der Waals surface area contributed by atoms with Crippen LogP contribution in [0.1, 0.15) is 37.7 Å². The van der Waals surface area contributed by atoms with Gasteiger partial charge in [0, 0.05) is 27.5 Å². The highest BCUT2D eigenvalue weighted by Crippen LogP contribution is 2.25. The van der Waals surface area contributed by atoms with Crippen molar-refractivity contribution >= 4 is 22.9 Å². The van der Waals surface area contributed by atoms with Crippen LogP contribution in [0.25, 0.3) is 0 Å². The van der Waals surface area contributed by atoms with E-state index in [0.717, 1.165) is 36.2 Å². The molecule has 0 saturated heterocycles. The molecule has 2 heterocycles. The smallest absolute Gasteiger partial charge is 0.251 e. The Balaban J connectivity index is 1.74. The van der Waals surface area contributed by atoms with Crippen molar-refractivity contribution in [1.29, 1.82) is 0 Å². The molecule has 0 saturated carbocycles. The molecule has 1 aliphatic heterocycles. The van der Waals surface area contributed by atoms with Crippen LogP contribution in [0.2, 0.25) is 0 Å². The summed E-state index contributed by atoms with van der Waals surface area (Å²) in [5, 5.41) is 6.41. The van der Waals surface area contributed by atoms with Crippen molar-refractivity contribution in [2.75, 3.05) is 11.9 Å². The molecule has 0 aliphatic carbocycles. The lowest BCUT2D eigenvalue weighted by Gasteiger charge is -2.20. The molecule has 1 aromatic carbocycles. The van der Waals surface area contributed by atoms with Gasteiger partial charge in [-0.1, -0.05) is 6.07 Å². The summed E-state index contributed by atoms with van der Waals surface area (Å²) < 4.78 is 0. The predicted octanol–water partition coefficient (Wildman–Crippen LogP) is 3.65. The molecule has 2 N–H and O–H groups in total. The molecule has 4 heteroatoms. The van der Waals surface area contributed by atoms with Gasteiger partial charge in [0.15, 0.2) is 0 Å². The van der Waals surface area contributed by atoms with Crippen molar-refractivity contribution in [1.82, 2.24) is 5.32 Å². The number of thiophene rings is 1. The van der Waals surface area contributed by atoms with Crippen molar-refractivity contribution < 1.29 is 4.79 Å². The molecular weight excluding hydrogens is 280 g/mol. The molecule has 3 rings (SSSR count). The topological polar surface area (TPSA) is 41.1 Å². The number of benzene rings is 1. The minimum absolute atomic E-state index is 0.0271. The zero-order valence-corrected chi connectivity index (χ0v) is 13.3. The SMILES string of the molecule is Cc1cc(CNC(=O)c2cccc3c2CCCN3)sc1C. The monoisotopic (exact) mass is 300 g/mol. The third-order valence-corrected chi connectivity index (χ3v) is 5.13. The summed E-state index contributed by atoms with van der Waals surface area (Å²) in [4.78, 5) is 15.0. The molecule has 0 fully saturated rings. The van der Waals surface area contributed by atoms with E-state index in [0.29, 0.717) is 6.54 Å². The molecule has 1 aliphatic rings. The number of hydrogen-bond donors (Lipinski definition) is 2. The summed E-state index contributed by atoms with van der Waals surface area (Å²) >= 11 is 1.75. The van der Waals surface area contributed by atoms with Crippen LogP contribution in [-0.4, -0.2) is 12.5 Å². The molecular formula is C17H20N2OS. The second kappa shape index (κ2) is 5.90. The maximum Gasteiger partial charge on any atom is 0.251 e. The molecule has 0 atom stereocenters. The van der Waals surface area contributed by atoms with Crippen LogP contribution in [0.4, 0.5) is 5.69 Å². The van der Waals surface area contributed by atoms with Crippen LogP contribution < -0.4 is 10.6 Å². The van der Waals surface area contributed by atoms with Gasteiger partial charge in [0.2, 0.25) is 0 Å². The third kappa shape index (κ3) is 2.95. The molecule has 21 heavy (non-hydrogen) atoms. The number of amides is 1. The van der Waals surface area contributed by atoms with Crippen LogP contribution in [0, 0.1) is 13.8 Å². The normalized spacial score (nSPS) is 13.4. The first-order valence-electron chi connectivity index (χ1n) is 7.35. The fourth-order valence-corrected chi connectivity index (χ4v) is 3.72. The minimum Gasteiger partial charge on any atom is -0.385 e. The number of anilines is 1. The van der Waals surface area contributed by atoms with Gasteiger partial charge in [0.05, 0.1) is 6.54 Å². The van der Waals surface area contributed by atoms with Crippen LogP contribution in [0.15, 0.2) is 24.3 Å². The summed E-state index contributed by atoms with van der Waals surface area (Å²) in [5.74, 6) is 0.0271. The summed E-state index contributed by atoms with van der Waals surface area (Å²) in [6.45, 7) is 5.82. The van der Waals surface area contributed by atoms with Crippen LogP contribution >= 0.6 is 11.3 Å². The molecule has 0 spiro atoms. The number of nitrogens with one attached hydrogen (secondary N) is 2. The average Bonchev–Trinajstić information content (AvgIpc) is 2.83. The van der Waals surface area contributed by atoms with Crippen LogP contribution in [-0.2, 0) is 13.0 Å². The van der Waals surface area contributed by atoms with E-state index < -0.39 is 0 Å². The second-order valence-corrected chi connectivity index (χ2v) is 6.84. The minimum atomic E-state index is 0.0271. The standard InChI is InChI=1S/C17H20N2OS/c1-11-9-13(21-12(11)2)10-19-17(20)15-5-3-7-16-14(15)6-4-8-18-16/h3,5,7,9,18H,4,6,8,10H2,1-2H3,(H,19,20). The van der Waals surface area contributed by atoms with E-state index in [1.54, 1.807) is 11.3 Å². The maximum absolute atomic E-state index is 12.4. The van der Waals surface area contributed by atoms with E-state index in [1.165, 1.54) is 15.3 Å². The summed E-state index contributed by atoms with van der Waals surface area (Å²) in [6, 6.07) is 8.08. The van der Waals surface area contributed by atoms with Gasteiger partial charge in [-0.05, 0) is 56.0 Å². The Labute approximate surface area is 129 Å². The Morgan fingerprint density at radius 2 is 2.24 bits per heavy atom. The molecule has 1 aromatic heterocycles. The third-order valence-electron chi connectivity index (χ3n) is 3.98. The molecule has 0 radical (unpaired) electrons. The first-order chi connectivity index (χ1) is 10.1. The van der Waals surface area contributed by atoms with Gasteiger partial charge in [-0.3, -0.25) is 4.79 Å². The van der Waals surface area contributed by atoms with Crippen molar-refractivity contribution in [2.45, 2.75) is 33.2 Å². The van der Waals surface area contributed by atoms with Gasteiger partial charge in [-0.2, -0.15) is 0 Å². The van der Waals surface area contributed by atoms with E-state index in [-0.39, 0.29) is 5.91 Å². The lowest BCUT2D eigenvalue weighted by Crippen LogP contribution is -2.25. The number of carbonyl (C=O) groups is 1. The van der Waals surface area contributed by atoms with E-state index >= 15 is 0 Å². The Morgan fingerprint density at radius 1 is 1.38 bits per heavy atom. The van der Waals surface area contributed by atoms with Crippen LogP contribution in [0.5, 0.6) is 0 Å². The Bertz CT molecular complexity index is 656. The highest BCUT2D eigenvalue weighted by Gasteiger charge is 2.17. The lowest BCUT2D eigenvalue weighted by molar-refractivity contribution is 0.0950. The summed E-state index contributed by atoms with van der Waals surface area (Å²) in [7, 11) is 0. The van der Waals surface area contributed by atoms with Gasteiger partial charge in [-0.15, -0.1) is 11.3 Å². The number of fused-ring (bicyclic) bond motifs is 1. The van der Waals surface area contributed by atoms with Gasteiger partial charge < -0.3 is 10.6 Å². The number of hydrogen-bond acceptors (Lipinski definition) is 3. The van der Waals surface area contributed by atoms with Gasteiger partial charge in [0.1, 0.15) is 0 Å². The van der Waals surface area contributed by atoms with Crippen molar-refractivity contribution in [3.63, 3.8) is 0 Å². The summed E-state index contributed by atoms with van der Waals surface area (Å²) in [5.41, 5.74) is 4.37. The average molecular weight is 300 g/mol. The van der Waals surface area contributed by atoms with E-state index in [4.69, 9.17) is 0 Å². The molecule has 0 bridgehead atoms. The van der Waals surface area contributed by atoms with Gasteiger partial charge in [-0.25, -0.2) is 0 Å². The molecule has 2 aromatic rings. The number of rotatable bonds is 3. The fourth-order valence-electron chi connectivity index (χ4n) is 2.72. The molecule has 0 unspecified atom stereocenters. The Kier molecular flexibility index (Phi) is 3.97. The lowest BCUT2D eigenvalue weighted by atomic mass is 9.97. The van der Waals surface area contributed by atoms with E-state index in [2.05, 4.69) is 36.6 Å². The fraction of sp³-hybridized carbons (Fsp3) is 0.353. The highest BCUT2D eigenvalue weighted by molar-refractivity contribution is 7.12. The zero-order chi connectivity index (χ0) is 14.8. The van der Waals surface area contributed by atoms with Gasteiger partial charge >= 0.3 is 0 Å². The van der Waals surface area contributed by atoms with E-state index in [9.17, 15) is 4.79 Å². The zero-order valence-electron chi connectivity index (χ0n) is 12.5.